The van der Waals surface area contributed by atoms with Crippen LogP contribution in [0.25, 0.3) is 0 Å². The van der Waals surface area contributed by atoms with Gasteiger partial charge in [0, 0.05) is 0 Å². The molecular weight excluding hydrogens is 280 g/mol. The molecule has 0 aromatic rings. The summed E-state index contributed by atoms with van der Waals surface area (Å²) in [5.41, 5.74) is -0.844. The fraction of sp³-hybridized carbons (Fsp3) is 0.923. The van der Waals surface area contributed by atoms with E-state index in [1.165, 1.54) is 4.90 Å². The summed E-state index contributed by atoms with van der Waals surface area (Å²) >= 11 is 0. The third-order valence-corrected chi connectivity index (χ3v) is 4.39. The highest BCUT2D eigenvalue weighted by molar-refractivity contribution is 7.88. The Morgan fingerprint density at radius 2 is 1.80 bits per heavy atom. The standard InChI is InChI=1S/C13H26N2O4S/c1-9(2)6-11(14-20(5,18)19)12(16)15-7-13(17,8-15)10(3)4/h9-11,14,17H,6-8H2,1-5H3. The fourth-order valence-electron chi connectivity index (χ4n) is 2.29. The highest BCUT2D eigenvalue weighted by atomic mass is 32.2. The summed E-state index contributed by atoms with van der Waals surface area (Å²) in [6.45, 7) is 8.22. The number of rotatable bonds is 6. The number of hydrogen-bond donors (Lipinski definition) is 2. The number of nitrogens with zero attached hydrogens (tertiary/aromatic N) is 1. The molecule has 1 atom stereocenters. The average molecular weight is 306 g/mol. The lowest BCUT2D eigenvalue weighted by molar-refractivity contribution is -0.165. The van der Waals surface area contributed by atoms with Crippen LogP contribution in [0.4, 0.5) is 0 Å². The van der Waals surface area contributed by atoms with Crippen LogP contribution in [-0.4, -0.2) is 55.3 Å². The number of likely N-dealkylation sites (tertiary alicyclic amines) is 1. The van der Waals surface area contributed by atoms with Gasteiger partial charge in [0.25, 0.3) is 0 Å². The first kappa shape index (κ1) is 17.4. The van der Waals surface area contributed by atoms with Gasteiger partial charge < -0.3 is 10.0 Å². The van der Waals surface area contributed by atoms with Gasteiger partial charge in [-0.2, -0.15) is 0 Å². The molecule has 0 aromatic heterocycles. The lowest BCUT2D eigenvalue weighted by Crippen LogP contribution is -2.68. The molecule has 20 heavy (non-hydrogen) atoms. The first-order chi connectivity index (χ1) is 8.94. The summed E-state index contributed by atoms with van der Waals surface area (Å²) < 4.78 is 25.1. The van der Waals surface area contributed by atoms with Crippen LogP contribution in [0.3, 0.4) is 0 Å². The van der Waals surface area contributed by atoms with Crippen molar-refractivity contribution in [2.45, 2.75) is 45.8 Å². The number of β-amino-alcohol motifs (C(OH)–C–C–N with tert-alkyl or cyclic N) is 1. The van der Waals surface area contributed by atoms with Crippen LogP contribution in [0.15, 0.2) is 0 Å². The Kier molecular flexibility index (Phi) is 5.21. The van der Waals surface area contributed by atoms with E-state index < -0.39 is 21.7 Å². The van der Waals surface area contributed by atoms with E-state index in [1.54, 1.807) is 0 Å². The van der Waals surface area contributed by atoms with Crippen molar-refractivity contribution in [2.75, 3.05) is 19.3 Å². The maximum atomic E-state index is 12.3. The summed E-state index contributed by atoms with van der Waals surface area (Å²) in [6.07, 6.45) is 1.50. The van der Waals surface area contributed by atoms with Gasteiger partial charge in [-0.05, 0) is 18.3 Å². The number of sulfonamides is 1. The van der Waals surface area contributed by atoms with E-state index in [0.29, 0.717) is 6.42 Å². The van der Waals surface area contributed by atoms with E-state index in [0.717, 1.165) is 6.26 Å². The second-order valence-electron chi connectivity index (χ2n) is 6.52. The van der Waals surface area contributed by atoms with Gasteiger partial charge in [-0.25, -0.2) is 13.1 Å². The van der Waals surface area contributed by atoms with E-state index in [2.05, 4.69) is 4.72 Å². The first-order valence-electron chi connectivity index (χ1n) is 6.93. The summed E-state index contributed by atoms with van der Waals surface area (Å²) in [6, 6.07) is -0.748. The molecule has 1 amide bonds. The van der Waals surface area contributed by atoms with Crippen LogP contribution >= 0.6 is 0 Å². The summed E-state index contributed by atoms with van der Waals surface area (Å²) in [5.74, 6) is 0.0101. The van der Waals surface area contributed by atoms with Gasteiger partial charge in [0.15, 0.2) is 0 Å². The van der Waals surface area contributed by atoms with Gasteiger partial charge in [0.05, 0.1) is 19.3 Å². The Morgan fingerprint density at radius 3 is 2.15 bits per heavy atom. The summed E-state index contributed by atoms with van der Waals surface area (Å²) in [7, 11) is -3.44. The SMILES string of the molecule is CC(C)CC(NS(C)(=O)=O)C(=O)N1CC(O)(C(C)C)C1. The zero-order valence-corrected chi connectivity index (χ0v) is 13.7. The predicted molar refractivity (Wildman–Crippen MR) is 77.6 cm³/mol. The van der Waals surface area contributed by atoms with Gasteiger partial charge >= 0.3 is 0 Å². The molecule has 2 N–H and O–H groups in total. The van der Waals surface area contributed by atoms with Crippen molar-refractivity contribution in [2.24, 2.45) is 11.8 Å². The number of carbonyl (C=O) groups excluding carboxylic acids is 1. The topological polar surface area (TPSA) is 86.7 Å². The molecule has 0 spiro atoms. The van der Waals surface area contributed by atoms with Gasteiger partial charge in [-0.1, -0.05) is 27.7 Å². The number of carbonyl (C=O) groups is 1. The highest BCUT2D eigenvalue weighted by Gasteiger charge is 2.47. The molecule has 0 radical (unpaired) electrons. The zero-order chi connectivity index (χ0) is 15.7. The lowest BCUT2D eigenvalue weighted by Gasteiger charge is -2.50. The van der Waals surface area contributed by atoms with E-state index >= 15 is 0 Å². The maximum Gasteiger partial charge on any atom is 0.240 e. The number of nitrogens with one attached hydrogen (secondary N) is 1. The second-order valence-corrected chi connectivity index (χ2v) is 8.30. The van der Waals surface area contributed by atoms with E-state index in [4.69, 9.17) is 0 Å². The van der Waals surface area contributed by atoms with Crippen molar-refractivity contribution >= 4 is 15.9 Å². The molecule has 1 aliphatic rings. The Hall–Kier alpha value is -0.660. The minimum absolute atomic E-state index is 0.0676. The minimum Gasteiger partial charge on any atom is -0.386 e. The number of aliphatic hydroxyl groups is 1. The average Bonchev–Trinajstić information content (AvgIpc) is 2.19. The van der Waals surface area contributed by atoms with Crippen molar-refractivity contribution < 1.29 is 18.3 Å². The minimum atomic E-state index is -3.44. The van der Waals surface area contributed by atoms with Crippen molar-refractivity contribution in [3.63, 3.8) is 0 Å². The van der Waals surface area contributed by atoms with Crippen molar-refractivity contribution in [1.29, 1.82) is 0 Å². The van der Waals surface area contributed by atoms with Crippen LogP contribution < -0.4 is 4.72 Å². The van der Waals surface area contributed by atoms with Gasteiger partial charge in [-0.15, -0.1) is 0 Å². The molecule has 1 saturated heterocycles. The zero-order valence-electron chi connectivity index (χ0n) is 12.9. The van der Waals surface area contributed by atoms with E-state index in [-0.39, 0.29) is 30.8 Å². The normalized spacial score (nSPS) is 20.1. The smallest absolute Gasteiger partial charge is 0.240 e. The summed E-state index contributed by atoms with van der Waals surface area (Å²) in [5, 5.41) is 10.2. The monoisotopic (exact) mass is 306 g/mol. The van der Waals surface area contributed by atoms with Crippen LogP contribution in [0.2, 0.25) is 0 Å². The van der Waals surface area contributed by atoms with Gasteiger partial charge in [-0.3, -0.25) is 4.79 Å². The van der Waals surface area contributed by atoms with Crippen LogP contribution in [0.1, 0.15) is 34.1 Å². The summed E-state index contributed by atoms with van der Waals surface area (Å²) in [4.78, 5) is 13.9. The Labute approximate surface area is 121 Å². The Balaban J connectivity index is 2.71. The van der Waals surface area contributed by atoms with Gasteiger partial charge in [0.1, 0.15) is 11.6 Å². The Bertz CT molecular complexity index is 453. The predicted octanol–water partition coefficient (Wildman–Crippen LogP) is 0.180. The highest BCUT2D eigenvalue weighted by Crippen LogP contribution is 2.29. The molecule has 1 unspecified atom stereocenters. The lowest BCUT2D eigenvalue weighted by atomic mass is 9.82. The molecular formula is C13H26N2O4S. The third-order valence-electron chi connectivity index (χ3n) is 3.68. The molecule has 118 valence electrons. The molecule has 0 aliphatic carbocycles. The molecule has 0 saturated carbocycles. The molecule has 6 nitrogen and oxygen atoms in total. The largest absolute Gasteiger partial charge is 0.386 e. The van der Waals surface area contributed by atoms with Gasteiger partial charge in [0.2, 0.25) is 15.9 Å². The molecule has 7 heteroatoms. The quantitative estimate of drug-likeness (QED) is 0.733. The second kappa shape index (κ2) is 5.99. The van der Waals surface area contributed by atoms with Crippen LogP contribution in [-0.2, 0) is 14.8 Å². The van der Waals surface area contributed by atoms with Crippen LogP contribution in [0, 0.1) is 11.8 Å². The molecule has 1 fully saturated rings. The third kappa shape index (κ3) is 4.43. The molecule has 0 bridgehead atoms. The van der Waals surface area contributed by atoms with Crippen LogP contribution in [0.5, 0.6) is 0 Å². The number of hydrogen-bond acceptors (Lipinski definition) is 4. The van der Waals surface area contributed by atoms with Crippen molar-refractivity contribution in [1.82, 2.24) is 9.62 Å². The molecule has 1 rings (SSSR count). The fourth-order valence-corrected chi connectivity index (χ4v) is 3.00. The van der Waals surface area contributed by atoms with Crippen molar-refractivity contribution in [3.05, 3.63) is 0 Å². The van der Waals surface area contributed by atoms with Crippen molar-refractivity contribution in [3.8, 4) is 0 Å². The van der Waals surface area contributed by atoms with E-state index in [9.17, 15) is 18.3 Å². The number of amides is 1. The van der Waals surface area contributed by atoms with E-state index in [1.807, 2.05) is 27.7 Å². The first-order valence-corrected chi connectivity index (χ1v) is 8.82. The molecule has 1 heterocycles. The molecule has 0 aromatic carbocycles. The molecule has 1 aliphatic heterocycles. The maximum absolute atomic E-state index is 12.3. The Morgan fingerprint density at radius 1 is 1.30 bits per heavy atom.